The van der Waals surface area contributed by atoms with E-state index in [-0.39, 0.29) is 18.3 Å². The maximum Gasteiger partial charge on any atom is 0.339 e. The number of carbonyl (C=O) groups is 2. The summed E-state index contributed by atoms with van der Waals surface area (Å²) in [6.45, 7) is 0.229. The molecule has 166 valence electrons. The van der Waals surface area contributed by atoms with E-state index < -0.39 is 5.97 Å². The number of benzene rings is 2. The van der Waals surface area contributed by atoms with E-state index in [0.717, 1.165) is 12.8 Å². The summed E-state index contributed by atoms with van der Waals surface area (Å²) in [6, 6.07) is 14.3. The van der Waals surface area contributed by atoms with Crippen LogP contribution in [0.2, 0.25) is 5.02 Å². The fourth-order valence-corrected chi connectivity index (χ4v) is 4.12. The van der Waals surface area contributed by atoms with Crippen LogP contribution in [-0.2, 0) is 16.1 Å². The SMILES string of the molecule is COC(=O)c1ccccc1NC(=O)CSc1nnc(COc2ccccc2Cl)n1C1CC1. The molecule has 1 fully saturated rings. The molecule has 1 N–H and O–H groups in total. The molecule has 1 saturated carbocycles. The van der Waals surface area contributed by atoms with Crippen LogP contribution in [0.3, 0.4) is 0 Å². The predicted octanol–water partition coefficient (Wildman–Crippen LogP) is 4.36. The number of amides is 1. The number of methoxy groups -OCH3 is 1. The van der Waals surface area contributed by atoms with E-state index in [1.165, 1.54) is 18.9 Å². The van der Waals surface area contributed by atoms with Gasteiger partial charge in [-0.1, -0.05) is 47.6 Å². The van der Waals surface area contributed by atoms with Crippen molar-refractivity contribution < 1.29 is 19.1 Å². The second kappa shape index (κ2) is 10.1. The molecule has 4 rings (SSSR count). The van der Waals surface area contributed by atoms with Crippen molar-refractivity contribution in [3.8, 4) is 5.75 Å². The number of ether oxygens (including phenoxy) is 2. The number of thioether (sulfide) groups is 1. The molecule has 3 aromatic rings. The minimum absolute atomic E-state index is 0.117. The summed E-state index contributed by atoms with van der Waals surface area (Å²) in [5.74, 6) is 0.616. The van der Waals surface area contributed by atoms with Crippen LogP contribution in [0.4, 0.5) is 5.69 Å². The molecule has 1 aliphatic rings. The zero-order valence-corrected chi connectivity index (χ0v) is 18.9. The number of para-hydroxylation sites is 2. The van der Waals surface area contributed by atoms with E-state index in [9.17, 15) is 9.59 Å². The Balaban J connectivity index is 1.40. The van der Waals surface area contributed by atoms with Crippen LogP contribution in [0.15, 0.2) is 53.7 Å². The molecule has 0 bridgehead atoms. The van der Waals surface area contributed by atoms with Crippen molar-refractivity contribution in [2.24, 2.45) is 0 Å². The Morgan fingerprint density at radius 3 is 2.66 bits per heavy atom. The Bertz CT molecular complexity index is 1130. The lowest BCUT2D eigenvalue weighted by Gasteiger charge is -2.11. The van der Waals surface area contributed by atoms with Crippen molar-refractivity contribution in [2.45, 2.75) is 30.6 Å². The third-order valence-corrected chi connectivity index (χ3v) is 6.03. The molecular weight excluding hydrogens is 452 g/mol. The van der Waals surface area contributed by atoms with Crippen molar-refractivity contribution >= 4 is 40.9 Å². The Morgan fingerprint density at radius 1 is 1.16 bits per heavy atom. The largest absolute Gasteiger partial charge is 0.484 e. The quantitative estimate of drug-likeness (QED) is 0.365. The lowest BCUT2D eigenvalue weighted by Crippen LogP contribution is -2.17. The van der Waals surface area contributed by atoms with Gasteiger partial charge in [0.25, 0.3) is 0 Å². The van der Waals surface area contributed by atoms with E-state index in [4.69, 9.17) is 21.1 Å². The summed E-state index contributed by atoms with van der Waals surface area (Å²) in [5, 5.41) is 12.5. The summed E-state index contributed by atoms with van der Waals surface area (Å²) >= 11 is 7.44. The zero-order valence-electron chi connectivity index (χ0n) is 17.3. The van der Waals surface area contributed by atoms with Crippen molar-refractivity contribution in [1.82, 2.24) is 14.8 Å². The van der Waals surface area contributed by atoms with Gasteiger partial charge in [-0.2, -0.15) is 0 Å². The third kappa shape index (κ3) is 5.23. The number of carbonyl (C=O) groups excluding carboxylic acids is 2. The summed E-state index contributed by atoms with van der Waals surface area (Å²) in [7, 11) is 1.30. The first-order valence-electron chi connectivity index (χ1n) is 9.98. The van der Waals surface area contributed by atoms with Crippen molar-refractivity contribution in [3.05, 3.63) is 64.9 Å². The molecule has 1 amide bonds. The number of nitrogens with one attached hydrogen (secondary N) is 1. The molecule has 0 spiro atoms. The van der Waals surface area contributed by atoms with Gasteiger partial charge in [-0.3, -0.25) is 9.36 Å². The average Bonchev–Trinajstić information content (AvgIpc) is 3.56. The Labute approximate surface area is 194 Å². The van der Waals surface area contributed by atoms with Crippen LogP contribution in [0.5, 0.6) is 5.75 Å². The summed E-state index contributed by atoms with van der Waals surface area (Å²) in [5.41, 5.74) is 0.705. The molecule has 0 radical (unpaired) electrons. The first-order valence-corrected chi connectivity index (χ1v) is 11.3. The van der Waals surface area contributed by atoms with E-state index in [1.807, 2.05) is 16.7 Å². The fraction of sp³-hybridized carbons (Fsp3) is 0.273. The number of esters is 1. The molecule has 1 heterocycles. The Hall–Kier alpha value is -3.04. The highest BCUT2D eigenvalue weighted by molar-refractivity contribution is 7.99. The van der Waals surface area contributed by atoms with Crippen LogP contribution in [0.1, 0.15) is 35.1 Å². The normalized spacial score (nSPS) is 12.9. The van der Waals surface area contributed by atoms with Gasteiger partial charge < -0.3 is 14.8 Å². The number of hydrogen-bond donors (Lipinski definition) is 1. The number of rotatable bonds is 9. The first kappa shape index (κ1) is 22.2. The highest BCUT2D eigenvalue weighted by Gasteiger charge is 2.30. The molecule has 0 aliphatic heterocycles. The third-order valence-electron chi connectivity index (χ3n) is 4.78. The van der Waals surface area contributed by atoms with Crippen molar-refractivity contribution in [2.75, 3.05) is 18.2 Å². The van der Waals surface area contributed by atoms with E-state index in [0.29, 0.717) is 39.0 Å². The van der Waals surface area contributed by atoms with Crippen molar-refractivity contribution in [3.63, 3.8) is 0 Å². The molecule has 1 aromatic heterocycles. The van der Waals surface area contributed by atoms with Crippen LogP contribution in [-0.4, -0.2) is 39.5 Å². The summed E-state index contributed by atoms with van der Waals surface area (Å²) in [6.07, 6.45) is 2.06. The molecule has 1 aliphatic carbocycles. The minimum atomic E-state index is -0.509. The lowest BCUT2D eigenvalue weighted by molar-refractivity contribution is -0.113. The number of anilines is 1. The van der Waals surface area contributed by atoms with Crippen LogP contribution in [0.25, 0.3) is 0 Å². The number of hydrogen-bond acceptors (Lipinski definition) is 7. The van der Waals surface area contributed by atoms with E-state index in [1.54, 1.807) is 36.4 Å². The maximum atomic E-state index is 12.5. The topological polar surface area (TPSA) is 95.3 Å². The van der Waals surface area contributed by atoms with Gasteiger partial charge in [-0.05, 0) is 37.1 Å². The predicted molar refractivity (Wildman–Crippen MR) is 121 cm³/mol. The van der Waals surface area contributed by atoms with Crippen LogP contribution < -0.4 is 10.1 Å². The molecule has 10 heteroatoms. The Morgan fingerprint density at radius 2 is 1.91 bits per heavy atom. The number of nitrogens with zero attached hydrogens (tertiary/aromatic N) is 3. The molecule has 8 nitrogen and oxygen atoms in total. The second-order valence-electron chi connectivity index (χ2n) is 7.09. The molecule has 0 unspecified atom stereocenters. The molecular formula is C22H21ClN4O4S. The molecule has 0 saturated heterocycles. The fourth-order valence-electron chi connectivity index (χ4n) is 3.10. The van der Waals surface area contributed by atoms with Crippen molar-refractivity contribution in [1.29, 1.82) is 0 Å². The zero-order chi connectivity index (χ0) is 22.5. The van der Waals surface area contributed by atoms with Gasteiger partial charge in [0.05, 0.1) is 29.1 Å². The molecule has 2 aromatic carbocycles. The standard InChI is InChI=1S/C22H21ClN4O4S/c1-30-21(29)15-6-2-4-8-17(15)24-20(28)13-32-22-26-25-19(27(22)14-10-11-14)12-31-18-9-5-3-7-16(18)23/h2-9,14H,10-13H2,1H3,(H,24,28). The van der Waals surface area contributed by atoms with Crippen LogP contribution in [0, 0.1) is 0 Å². The summed E-state index contributed by atoms with van der Waals surface area (Å²) < 4.78 is 12.6. The van der Waals surface area contributed by atoms with Gasteiger partial charge in [0, 0.05) is 6.04 Å². The lowest BCUT2D eigenvalue weighted by atomic mass is 10.2. The van der Waals surface area contributed by atoms with E-state index in [2.05, 4.69) is 15.5 Å². The number of halogens is 1. The number of aromatic nitrogens is 3. The van der Waals surface area contributed by atoms with Gasteiger partial charge in [-0.25, -0.2) is 4.79 Å². The highest BCUT2D eigenvalue weighted by atomic mass is 35.5. The van der Waals surface area contributed by atoms with Crippen LogP contribution >= 0.6 is 23.4 Å². The average molecular weight is 473 g/mol. The maximum absolute atomic E-state index is 12.5. The van der Waals surface area contributed by atoms with Gasteiger partial charge in [0.2, 0.25) is 5.91 Å². The molecule has 0 atom stereocenters. The van der Waals surface area contributed by atoms with Gasteiger partial charge >= 0.3 is 5.97 Å². The minimum Gasteiger partial charge on any atom is -0.484 e. The highest BCUT2D eigenvalue weighted by Crippen LogP contribution is 2.39. The van der Waals surface area contributed by atoms with Gasteiger partial charge in [-0.15, -0.1) is 10.2 Å². The van der Waals surface area contributed by atoms with Gasteiger partial charge in [0.15, 0.2) is 11.0 Å². The monoisotopic (exact) mass is 472 g/mol. The Kier molecular flexibility index (Phi) is 6.96. The smallest absolute Gasteiger partial charge is 0.339 e. The van der Waals surface area contributed by atoms with E-state index >= 15 is 0 Å². The van der Waals surface area contributed by atoms with Gasteiger partial charge in [0.1, 0.15) is 12.4 Å². The molecule has 32 heavy (non-hydrogen) atoms. The second-order valence-corrected chi connectivity index (χ2v) is 8.44. The first-order chi connectivity index (χ1) is 15.6. The summed E-state index contributed by atoms with van der Waals surface area (Å²) in [4.78, 5) is 24.4.